The van der Waals surface area contributed by atoms with Crippen LogP contribution in [0.3, 0.4) is 0 Å². The summed E-state index contributed by atoms with van der Waals surface area (Å²) < 4.78 is 12.7. The van der Waals surface area contributed by atoms with Crippen LogP contribution in [0.25, 0.3) is 0 Å². The van der Waals surface area contributed by atoms with Crippen molar-refractivity contribution in [2.24, 2.45) is 0 Å². The molecule has 0 atom stereocenters. The van der Waals surface area contributed by atoms with E-state index in [1.54, 1.807) is 11.1 Å². The zero-order valence-electron chi connectivity index (χ0n) is 9.51. The van der Waals surface area contributed by atoms with E-state index in [-0.39, 0.29) is 11.6 Å². The van der Waals surface area contributed by atoms with Crippen LogP contribution in [0, 0.1) is 5.82 Å². The highest BCUT2D eigenvalue weighted by Gasteiger charge is 2.25. The van der Waals surface area contributed by atoms with Gasteiger partial charge in [-0.05, 0) is 23.8 Å². The first kappa shape index (κ1) is 10.8. The molecular weight excluding hydrogens is 233 g/mol. The smallest absolute Gasteiger partial charge is 0.273 e. The van der Waals surface area contributed by atoms with Crippen LogP contribution in [0.15, 0.2) is 36.7 Å². The molecule has 2 aromatic heterocycles. The van der Waals surface area contributed by atoms with Crippen LogP contribution in [0.2, 0.25) is 0 Å². The molecule has 5 heteroatoms. The highest BCUT2D eigenvalue weighted by molar-refractivity contribution is 5.92. The second-order valence-electron chi connectivity index (χ2n) is 4.13. The predicted molar refractivity (Wildman–Crippen MR) is 62.0 cm³/mol. The molecule has 0 radical (unpaired) electrons. The lowest BCUT2D eigenvalue weighted by Crippen LogP contribution is -2.26. The molecular formula is C13H10FN3O. The molecule has 1 aliphatic rings. The van der Waals surface area contributed by atoms with E-state index in [1.165, 1.54) is 12.1 Å². The average Bonchev–Trinajstić information content (AvgIpc) is 2.82. The van der Waals surface area contributed by atoms with Gasteiger partial charge in [-0.1, -0.05) is 6.07 Å². The lowest BCUT2D eigenvalue weighted by atomic mass is 10.2. The van der Waals surface area contributed by atoms with E-state index in [9.17, 15) is 9.18 Å². The van der Waals surface area contributed by atoms with Gasteiger partial charge in [0.25, 0.3) is 5.91 Å². The minimum atomic E-state index is -0.446. The Labute approximate surface area is 103 Å². The van der Waals surface area contributed by atoms with Gasteiger partial charge in [-0.15, -0.1) is 0 Å². The summed E-state index contributed by atoms with van der Waals surface area (Å²) in [5.41, 5.74) is 2.21. The van der Waals surface area contributed by atoms with Crippen molar-refractivity contribution in [1.82, 2.24) is 14.9 Å². The molecule has 90 valence electrons. The van der Waals surface area contributed by atoms with Crippen LogP contribution >= 0.6 is 0 Å². The fourth-order valence-electron chi connectivity index (χ4n) is 2.01. The third-order valence-corrected chi connectivity index (χ3v) is 2.92. The van der Waals surface area contributed by atoms with E-state index in [1.807, 2.05) is 12.1 Å². The molecule has 0 fully saturated rings. The number of pyridine rings is 2. The highest BCUT2D eigenvalue weighted by Crippen LogP contribution is 2.21. The average molecular weight is 243 g/mol. The van der Waals surface area contributed by atoms with Crippen LogP contribution in [-0.2, 0) is 13.1 Å². The minimum Gasteiger partial charge on any atom is -0.327 e. The van der Waals surface area contributed by atoms with E-state index < -0.39 is 5.82 Å². The van der Waals surface area contributed by atoms with Crippen molar-refractivity contribution in [3.63, 3.8) is 0 Å². The molecule has 0 aliphatic carbocycles. The van der Waals surface area contributed by atoms with Crippen molar-refractivity contribution in [3.05, 3.63) is 59.4 Å². The molecule has 0 saturated carbocycles. The second-order valence-corrected chi connectivity index (χ2v) is 4.13. The Morgan fingerprint density at radius 1 is 1.22 bits per heavy atom. The Morgan fingerprint density at radius 2 is 2.11 bits per heavy atom. The number of carbonyl (C=O) groups excluding carboxylic acids is 1. The largest absolute Gasteiger partial charge is 0.327 e. The van der Waals surface area contributed by atoms with Gasteiger partial charge >= 0.3 is 0 Å². The summed E-state index contributed by atoms with van der Waals surface area (Å²) in [5.74, 6) is -0.647. The van der Waals surface area contributed by atoms with Crippen molar-refractivity contribution in [2.75, 3.05) is 0 Å². The number of nitrogens with zero attached hydrogens (tertiary/aromatic N) is 3. The van der Waals surface area contributed by atoms with Crippen molar-refractivity contribution >= 4 is 5.91 Å². The molecule has 0 bridgehead atoms. The third kappa shape index (κ3) is 1.84. The van der Waals surface area contributed by atoms with Crippen molar-refractivity contribution in [2.45, 2.75) is 13.1 Å². The van der Waals surface area contributed by atoms with Crippen LogP contribution in [0.1, 0.15) is 21.7 Å². The molecule has 0 aromatic carbocycles. The molecule has 4 nitrogen and oxygen atoms in total. The molecule has 0 N–H and O–H groups in total. The maximum Gasteiger partial charge on any atom is 0.273 e. The third-order valence-electron chi connectivity index (χ3n) is 2.92. The minimum absolute atomic E-state index is 0.201. The van der Waals surface area contributed by atoms with Gasteiger partial charge in [0.1, 0.15) is 11.5 Å². The SMILES string of the molecule is O=C(c1ccc(F)cn1)N1Cc2cccnc2C1. The number of fused-ring (bicyclic) bond motifs is 1. The number of aromatic nitrogens is 2. The number of hydrogen-bond acceptors (Lipinski definition) is 3. The zero-order chi connectivity index (χ0) is 12.5. The Balaban J connectivity index is 1.82. The first-order chi connectivity index (χ1) is 8.74. The fraction of sp³-hybridized carbons (Fsp3) is 0.154. The number of halogens is 1. The normalized spacial score (nSPS) is 13.5. The number of hydrogen-bond donors (Lipinski definition) is 0. The summed E-state index contributed by atoms with van der Waals surface area (Å²) >= 11 is 0. The topological polar surface area (TPSA) is 46.1 Å². The second kappa shape index (κ2) is 4.18. The van der Waals surface area contributed by atoms with Gasteiger partial charge in [0, 0.05) is 12.7 Å². The van der Waals surface area contributed by atoms with Crippen LogP contribution in [-0.4, -0.2) is 20.8 Å². The summed E-state index contributed by atoms with van der Waals surface area (Å²) in [6.45, 7) is 1.01. The van der Waals surface area contributed by atoms with Crippen molar-refractivity contribution in [3.8, 4) is 0 Å². The number of amides is 1. The maximum absolute atomic E-state index is 12.7. The molecule has 0 saturated heterocycles. The van der Waals surface area contributed by atoms with Gasteiger partial charge in [-0.2, -0.15) is 0 Å². The van der Waals surface area contributed by atoms with E-state index in [2.05, 4.69) is 9.97 Å². The van der Waals surface area contributed by atoms with E-state index in [0.717, 1.165) is 17.5 Å². The quantitative estimate of drug-likeness (QED) is 0.766. The number of rotatable bonds is 1. The first-order valence-corrected chi connectivity index (χ1v) is 5.57. The van der Waals surface area contributed by atoms with Crippen molar-refractivity contribution < 1.29 is 9.18 Å². The van der Waals surface area contributed by atoms with Gasteiger partial charge in [0.15, 0.2) is 0 Å². The van der Waals surface area contributed by atoms with Gasteiger partial charge in [-0.3, -0.25) is 9.78 Å². The summed E-state index contributed by atoms with van der Waals surface area (Å²) in [4.78, 5) is 21.8. The van der Waals surface area contributed by atoms with Gasteiger partial charge in [-0.25, -0.2) is 9.37 Å². The van der Waals surface area contributed by atoms with E-state index in [4.69, 9.17) is 0 Å². The van der Waals surface area contributed by atoms with Crippen LogP contribution in [0.5, 0.6) is 0 Å². The van der Waals surface area contributed by atoms with Gasteiger partial charge in [0.2, 0.25) is 0 Å². The molecule has 0 unspecified atom stereocenters. The van der Waals surface area contributed by atoms with Crippen LogP contribution < -0.4 is 0 Å². The zero-order valence-corrected chi connectivity index (χ0v) is 9.51. The van der Waals surface area contributed by atoms with Gasteiger partial charge < -0.3 is 4.90 Å². The van der Waals surface area contributed by atoms with Crippen LogP contribution in [0.4, 0.5) is 4.39 Å². The molecule has 0 spiro atoms. The Bertz CT molecular complexity index is 572. The van der Waals surface area contributed by atoms with E-state index in [0.29, 0.717) is 13.1 Å². The summed E-state index contributed by atoms with van der Waals surface area (Å²) in [5, 5.41) is 0. The standard InChI is InChI=1S/C13H10FN3O/c14-10-3-4-11(16-6-10)13(18)17-7-9-2-1-5-15-12(9)8-17/h1-6H,7-8H2. The summed E-state index contributed by atoms with van der Waals surface area (Å²) in [6.07, 6.45) is 2.76. The monoisotopic (exact) mass is 243 g/mol. The summed E-state index contributed by atoms with van der Waals surface area (Å²) in [6, 6.07) is 6.44. The Hall–Kier alpha value is -2.30. The molecule has 18 heavy (non-hydrogen) atoms. The highest BCUT2D eigenvalue weighted by atomic mass is 19.1. The number of carbonyl (C=O) groups is 1. The lowest BCUT2D eigenvalue weighted by Gasteiger charge is -2.14. The van der Waals surface area contributed by atoms with Crippen molar-refractivity contribution in [1.29, 1.82) is 0 Å². The molecule has 3 heterocycles. The molecule has 2 aromatic rings. The fourth-order valence-corrected chi connectivity index (χ4v) is 2.01. The van der Waals surface area contributed by atoms with E-state index >= 15 is 0 Å². The Morgan fingerprint density at radius 3 is 2.83 bits per heavy atom. The first-order valence-electron chi connectivity index (χ1n) is 5.57. The molecule has 3 rings (SSSR count). The Kier molecular flexibility index (Phi) is 2.51. The summed E-state index contributed by atoms with van der Waals surface area (Å²) in [7, 11) is 0. The van der Waals surface area contributed by atoms with Gasteiger partial charge in [0.05, 0.1) is 18.4 Å². The maximum atomic E-state index is 12.7. The lowest BCUT2D eigenvalue weighted by molar-refractivity contribution is 0.0744. The molecule has 1 amide bonds. The predicted octanol–water partition coefficient (Wildman–Crippen LogP) is 1.77. The molecule has 1 aliphatic heterocycles.